The second-order valence-electron chi connectivity index (χ2n) is 6.74. The average molecular weight is 435 g/mol. The van der Waals surface area contributed by atoms with E-state index in [0.29, 0.717) is 29.2 Å². The van der Waals surface area contributed by atoms with Gasteiger partial charge in [-0.15, -0.1) is 0 Å². The molecule has 0 atom stereocenters. The van der Waals surface area contributed by atoms with Crippen molar-refractivity contribution in [2.75, 3.05) is 20.0 Å². The fourth-order valence-corrected chi connectivity index (χ4v) is 3.37. The molecule has 0 saturated carbocycles. The summed E-state index contributed by atoms with van der Waals surface area (Å²) >= 11 is 0. The maximum atomic E-state index is 12.3. The number of hydrazine groups is 1. The van der Waals surface area contributed by atoms with Gasteiger partial charge in [-0.25, -0.2) is 8.42 Å². The summed E-state index contributed by atoms with van der Waals surface area (Å²) in [5.74, 6) is -0.186. The zero-order chi connectivity index (χ0) is 22.1. The van der Waals surface area contributed by atoms with Crippen LogP contribution >= 0.6 is 0 Å². The molecule has 0 bridgehead atoms. The van der Waals surface area contributed by atoms with Crippen LogP contribution in [0.3, 0.4) is 0 Å². The minimum absolute atomic E-state index is 0.106. The molecule has 0 aromatic heterocycles. The third-order valence-electron chi connectivity index (χ3n) is 4.12. The maximum Gasteiger partial charge on any atom is 0.269 e. The van der Waals surface area contributed by atoms with Crippen LogP contribution < -0.4 is 20.3 Å². The van der Waals surface area contributed by atoms with E-state index in [1.165, 1.54) is 25.3 Å². The molecule has 0 unspecified atom stereocenters. The van der Waals surface area contributed by atoms with Crippen LogP contribution in [0.2, 0.25) is 0 Å². The van der Waals surface area contributed by atoms with Crippen molar-refractivity contribution in [3.63, 3.8) is 0 Å². The van der Waals surface area contributed by atoms with Crippen molar-refractivity contribution in [3.8, 4) is 11.5 Å². The molecule has 0 aliphatic carbocycles. The number of methoxy groups -OCH3 is 1. The second-order valence-corrected chi connectivity index (χ2v) is 8.88. The summed E-state index contributed by atoms with van der Waals surface area (Å²) in [5, 5.41) is 0. The van der Waals surface area contributed by atoms with E-state index < -0.39 is 21.7 Å². The quantitative estimate of drug-likeness (QED) is 0.463. The first kappa shape index (κ1) is 23.2. The Kier molecular flexibility index (Phi) is 8.23. The van der Waals surface area contributed by atoms with Gasteiger partial charge < -0.3 is 9.47 Å². The Bertz CT molecular complexity index is 987. The molecule has 0 aliphatic rings. The molecule has 2 aromatic rings. The van der Waals surface area contributed by atoms with Gasteiger partial charge in [-0.2, -0.15) is 0 Å². The van der Waals surface area contributed by atoms with E-state index in [1.54, 1.807) is 24.3 Å². The maximum absolute atomic E-state index is 12.3. The number of hydrogen-bond donors (Lipinski definition) is 2. The van der Waals surface area contributed by atoms with E-state index in [0.717, 1.165) is 19.1 Å². The Hall–Kier alpha value is -3.07. The largest absolute Gasteiger partial charge is 0.493 e. The molecular weight excluding hydrogens is 408 g/mol. The lowest BCUT2D eigenvalue weighted by Crippen LogP contribution is -2.41. The van der Waals surface area contributed by atoms with Crippen molar-refractivity contribution in [1.82, 2.24) is 10.9 Å². The molecule has 0 spiro atoms. The number of carbonyl (C=O) groups is 2. The van der Waals surface area contributed by atoms with Crippen LogP contribution in [0.1, 0.15) is 46.0 Å². The highest BCUT2D eigenvalue weighted by Crippen LogP contribution is 2.28. The van der Waals surface area contributed by atoms with Gasteiger partial charge in [0, 0.05) is 17.4 Å². The fourth-order valence-electron chi connectivity index (χ4n) is 2.57. The minimum Gasteiger partial charge on any atom is -0.493 e. The van der Waals surface area contributed by atoms with Crippen molar-refractivity contribution in [3.05, 3.63) is 59.2 Å². The van der Waals surface area contributed by atoms with Crippen LogP contribution in [0, 0.1) is 0 Å². The van der Waals surface area contributed by atoms with Crippen LogP contribution in [-0.4, -0.2) is 40.2 Å². The normalized spacial score (nSPS) is 10.9. The monoisotopic (exact) mass is 434 g/mol. The van der Waals surface area contributed by atoms with E-state index in [-0.39, 0.29) is 11.3 Å². The molecule has 0 radical (unpaired) electrons. The highest BCUT2D eigenvalue weighted by molar-refractivity contribution is 7.89. The summed E-state index contributed by atoms with van der Waals surface area (Å²) in [4.78, 5) is 24.6. The Morgan fingerprint density at radius 3 is 2.10 bits per heavy atom. The molecule has 2 rings (SSSR count). The highest BCUT2D eigenvalue weighted by atomic mass is 32.2. The van der Waals surface area contributed by atoms with Gasteiger partial charge in [0.25, 0.3) is 11.8 Å². The zero-order valence-electron chi connectivity index (χ0n) is 17.2. The van der Waals surface area contributed by atoms with Crippen LogP contribution in [0.4, 0.5) is 0 Å². The molecule has 0 saturated heterocycles. The average Bonchev–Trinajstić information content (AvgIpc) is 2.71. The predicted molar refractivity (Wildman–Crippen MR) is 113 cm³/mol. The lowest BCUT2D eigenvalue weighted by Gasteiger charge is -2.12. The van der Waals surface area contributed by atoms with Crippen molar-refractivity contribution in [1.29, 1.82) is 0 Å². The third kappa shape index (κ3) is 7.07. The topological polar surface area (TPSA) is 111 Å². The summed E-state index contributed by atoms with van der Waals surface area (Å²) in [6.45, 7) is 2.61. The van der Waals surface area contributed by atoms with E-state index in [9.17, 15) is 18.0 Å². The van der Waals surface area contributed by atoms with Crippen LogP contribution in [0.5, 0.6) is 11.5 Å². The standard InChI is InChI=1S/C21H26N2O6S/c1-4-5-12-29-18-11-10-17(13-19(18)28-2)21(25)23-22-20(24)16-8-6-15(7-9-16)14-30(3,26)27/h6-11,13H,4-5,12,14H2,1-3H3,(H,22,24)(H,23,25). The molecule has 0 heterocycles. The zero-order valence-corrected chi connectivity index (χ0v) is 18.0. The van der Waals surface area contributed by atoms with Crippen LogP contribution in [0.15, 0.2) is 42.5 Å². The number of benzene rings is 2. The number of hydrogen-bond acceptors (Lipinski definition) is 6. The molecule has 30 heavy (non-hydrogen) atoms. The lowest BCUT2D eigenvalue weighted by molar-refractivity contribution is 0.0846. The van der Waals surface area contributed by atoms with Crippen LogP contribution in [0.25, 0.3) is 0 Å². The summed E-state index contributed by atoms with van der Waals surface area (Å²) in [6.07, 6.45) is 3.05. The number of ether oxygens (including phenoxy) is 2. The van der Waals surface area contributed by atoms with Crippen molar-refractivity contribution >= 4 is 21.7 Å². The SMILES string of the molecule is CCCCOc1ccc(C(=O)NNC(=O)c2ccc(CS(C)(=O)=O)cc2)cc1OC. The molecule has 9 heteroatoms. The predicted octanol–water partition coefficient (Wildman–Crippen LogP) is 2.49. The van der Waals surface area contributed by atoms with Gasteiger partial charge >= 0.3 is 0 Å². The van der Waals surface area contributed by atoms with Gasteiger partial charge in [-0.05, 0) is 42.3 Å². The van der Waals surface area contributed by atoms with Crippen molar-refractivity contribution in [2.45, 2.75) is 25.5 Å². The number of nitrogens with one attached hydrogen (secondary N) is 2. The van der Waals surface area contributed by atoms with Gasteiger partial charge in [0.2, 0.25) is 0 Å². The first-order valence-electron chi connectivity index (χ1n) is 9.41. The van der Waals surface area contributed by atoms with Gasteiger partial charge in [0.05, 0.1) is 19.5 Å². The number of sulfone groups is 1. The smallest absolute Gasteiger partial charge is 0.269 e. The van der Waals surface area contributed by atoms with Gasteiger partial charge in [0.1, 0.15) is 0 Å². The molecule has 162 valence electrons. The summed E-state index contributed by atoms with van der Waals surface area (Å²) < 4.78 is 33.5. The lowest BCUT2D eigenvalue weighted by atomic mass is 10.1. The van der Waals surface area contributed by atoms with Crippen molar-refractivity contribution in [2.24, 2.45) is 0 Å². The Balaban J connectivity index is 1.96. The van der Waals surface area contributed by atoms with Gasteiger partial charge in [0.15, 0.2) is 21.3 Å². The van der Waals surface area contributed by atoms with E-state index in [1.807, 2.05) is 0 Å². The Morgan fingerprint density at radius 1 is 0.933 bits per heavy atom. The number of carbonyl (C=O) groups excluding carboxylic acids is 2. The third-order valence-corrected chi connectivity index (χ3v) is 4.97. The molecule has 2 amide bonds. The number of unbranched alkanes of at least 4 members (excludes halogenated alkanes) is 1. The van der Waals surface area contributed by atoms with E-state index >= 15 is 0 Å². The number of amides is 2. The first-order chi connectivity index (χ1) is 14.2. The number of rotatable bonds is 9. The summed E-state index contributed by atoms with van der Waals surface area (Å²) in [6, 6.07) is 10.8. The molecule has 8 nitrogen and oxygen atoms in total. The van der Waals surface area contributed by atoms with E-state index in [2.05, 4.69) is 17.8 Å². The van der Waals surface area contributed by atoms with Gasteiger partial charge in [-0.3, -0.25) is 20.4 Å². The highest BCUT2D eigenvalue weighted by Gasteiger charge is 2.13. The molecule has 0 fully saturated rings. The molecular formula is C21H26N2O6S. The Labute approximate surface area is 176 Å². The van der Waals surface area contributed by atoms with E-state index in [4.69, 9.17) is 9.47 Å². The molecule has 0 aliphatic heterocycles. The fraction of sp³-hybridized carbons (Fsp3) is 0.333. The minimum atomic E-state index is -3.15. The molecule has 2 aromatic carbocycles. The summed E-state index contributed by atoms with van der Waals surface area (Å²) in [7, 11) is -1.67. The Morgan fingerprint density at radius 2 is 1.53 bits per heavy atom. The van der Waals surface area contributed by atoms with Crippen molar-refractivity contribution < 1.29 is 27.5 Å². The molecule has 2 N–H and O–H groups in total. The second kappa shape index (κ2) is 10.6. The van der Waals surface area contributed by atoms with Crippen LogP contribution in [-0.2, 0) is 15.6 Å². The summed E-state index contributed by atoms with van der Waals surface area (Å²) in [5.41, 5.74) is 5.82. The van der Waals surface area contributed by atoms with Gasteiger partial charge in [-0.1, -0.05) is 25.5 Å². The first-order valence-corrected chi connectivity index (χ1v) is 11.5.